The highest BCUT2D eigenvalue weighted by molar-refractivity contribution is 9.12. The number of hydrogen-bond acceptors (Lipinski definition) is 5. The van der Waals surface area contributed by atoms with Gasteiger partial charge < -0.3 is 5.11 Å². The van der Waals surface area contributed by atoms with Crippen LogP contribution in [-0.4, -0.2) is 29.6 Å². The Morgan fingerprint density at radius 2 is 1.69 bits per heavy atom. The molecule has 0 fully saturated rings. The highest BCUT2D eigenvalue weighted by atomic mass is 79.9. The molecule has 1 aliphatic rings. The van der Waals surface area contributed by atoms with Crippen LogP contribution in [0.5, 0.6) is 5.75 Å². The largest absolute Gasteiger partial charge is 0.506 e. The van der Waals surface area contributed by atoms with Crippen LogP contribution in [0.1, 0.15) is 49.9 Å². The van der Waals surface area contributed by atoms with Gasteiger partial charge in [0.05, 0.1) is 8.96 Å². The van der Waals surface area contributed by atoms with Crippen LogP contribution in [0.25, 0.3) is 5.57 Å². The summed E-state index contributed by atoms with van der Waals surface area (Å²) in [4.78, 5) is 24.6. The summed E-state index contributed by atoms with van der Waals surface area (Å²) in [5, 5.41) is 10.7. The number of phenols is 1. The molecule has 2 aromatic rings. The van der Waals surface area contributed by atoms with Crippen molar-refractivity contribution in [3.63, 3.8) is 0 Å². The summed E-state index contributed by atoms with van der Waals surface area (Å²) in [5.41, 5.74) is 3.84. The predicted octanol–water partition coefficient (Wildman–Crippen LogP) is 6.48. The number of Topliss-reactive ketones (excluding diaryl/α,β-unsaturated/α-hetero) is 2. The zero-order chi connectivity index (χ0) is 27.1. The van der Waals surface area contributed by atoms with Crippen molar-refractivity contribution in [3.8, 4) is 5.75 Å². The minimum absolute atomic E-state index is 0.0373. The molecule has 190 valence electrons. The number of allylic oxidation sites excluding steroid dienone is 5. The molecule has 9 heteroatoms. The van der Waals surface area contributed by atoms with Crippen LogP contribution in [-0.2, 0) is 26.1 Å². The van der Waals surface area contributed by atoms with Crippen molar-refractivity contribution in [3.05, 3.63) is 84.3 Å². The topological polar surface area (TPSA) is 109 Å². The Morgan fingerprint density at radius 1 is 1.08 bits per heavy atom. The number of phenolic OH excluding ortho intramolecular Hbond substituents is 1. The smallest absolute Gasteiger partial charge is 0.295 e. The van der Waals surface area contributed by atoms with Gasteiger partial charge in [0.25, 0.3) is 10.1 Å². The maximum absolute atomic E-state index is 13.0. The molecule has 1 aliphatic carbocycles. The van der Waals surface area contributed by atoms with Crippen LogP contribution in [0, 0.1) is 12.8 Å². The zero-order valence-electron chi connectivity index (χ0n) is 20.4. The summed E-state index contributed by atoms with van der Waals surface area (Å²) in [5.74, 6) is -0.519. The van der Waals surface area contributed by atoms with Gasteiger partial charge in [-0.15, -0.1) is 0 Å². The second-order valence-corrected chi connectivity index (χ2v) is 12.0. The van der Waals surface area contributed by atoms with E-state index in [0.717, 1.165) is 0 Å². The number of carbonyl (C=O) groups excluding carboxylic acids is 2. The average Bonchev–Trinajstić information content (AvgIpc) is 2.79. The number of halogens is 2. The standard InChI is InChI=1S/C27H26Br2O6S/c1-13(2)19-12-21(16(5)25(29)27(19)32)23(18-8-6-7-9-22(18)36(33,34)35)20-11-17(10-14(3)30)26(31)24(28)15(20)4/h6-9,11-13,31H,10H2,1-5H3,(H,33,34,35). The lowest BCUT2D eigenvalue weighted by molar-refractivity contribution is -0.116. The fourth-order valence-corrected chi connectivity index (χ4v) is 5.83. The van der Waals surface area contributed by atoms with Gasteiger partial charge in [0.15, 0.2) is 5.78 Å². The van der Waals surface area contributed by atoms with E-state index in [1.165, 1.54) is 19.1 Å². The molecule has 6 nitrogen and oxygen atoms in total. The molecule has 0 aliphatic heterocycles. The number of ketones is 2. The first kappa shape index (κ1) is 28.2. The molecule has 0 bridgehead atoms. The van der Waals surface area contributed by atoms with Crippen molar-refractivity contribution in [1.82, 2.24) is 0 Å². The summed E-state index contributed by atoms with van der Waals surface area (Å²) in [7, 11) is -4.62. The number of carbonyl (C=O) groups is 2. The number of benzene rings is 2. The Labute approximate surface area is 227 Å². The molecule has 0 unspecified atom stereocenters. The van der Waals surface area contributed by atoms with Crippen LogP contribution < -0.4 is 0 Å². The van der Waals surface area contributed by atoms with Gasteiger partial charge in [0.1, 0.15) is 16.4 Å². The Hall–Kier alpha value is -2.33. The van der Waals surface area contributed by atoms with Crippen molar-refractivity contribution >= 4 is 59.1 Å². The van der Waals surface area contributed by atoms with Crippen LogP contribution in [0.4, 0.5) is 0 Å². The first-order chi connectivity index (χ1) is 16.7. The van der Waals surface area contributed by atoms with E-state index >= 15 is 0 Å². The van der Waals surface area contributed by atoms with Gasteiger partial charge >= 0.3 is 0 Å². The molecule has 0 radical (unpaired) electrons. The number of hydrogen-bond donors (Lipinski definition) is 2. The summed E-state index contributed by atoms with van der Waals surface area (Å²) < 4.78 is 35.6. The molecule has 36 heavy (non-hydrogen) atoms. The van der Waals surface area contributed by atoms with Crippen LogP contribution in [0.15, 0.2) is 67.0 Å². The molecule has 0 heterocycles. The van der Waals surface area contributed by atoms with E-state index in [9.17, 15) is 27.7 Å². The minimum Gasteiger partial charge on any atom is -0.506 e. The van der Waals surface area contributed by atoms with Gasteiger partial charge in [-0.1, -0.05) is 32.0 Å². The fraction of sp³-hybridized carbons (Fsp3) is 0.259. The number of aromatic hydroxyl groups is 1. The van der Waals surface area contributed by atoms with E-state index in [0.29, 0.717) is 47.9 Å². The lowest BCUT2D eigenvalue weighted by atomic mass is 9.81. The van der Waals surface area contributed by atoms with Crippen LogP contribution >= 0.6 is 31.9 Å². The first-order valence-electron chi connectivity index (χ1n) is 11.1. The van der Waals surface area contributed by atoms with Crippen molar-refractivity contribution in [2.45, 2.75) is 45.9 Å². The molecular weight excluding hydrogens is 612 g/mol. The third kappa shape index (κ3) is 5.34. The molecule has 0 atom stereocenters. The van der Waals surface area contributed by atoms with E-state index in [4.69, 9.17) is 0 Å². The zero-order valence-corrected chi connectivity index (χ0v) is 24.4. The summed E-state index contributed by atoms with van der Waals surface area (Å²) in [6.07, 6.45) is 1.71. The Bertz CT molecular complexity index is 1490. The second kappa shape index (κ2) is 10.6. The molecule has 0 spiro atoms. The van der Waals surface area contributed by atoms with Crippen molar-refractivity contribution in [2.75, 3.05) is 0 Å². The molecule has 2 N–H and O–H groups in total. The van der Waals surface area contributed by atoms with Crippen LogP contribution in [0.3, 0.4) is 0 Å². The Morgan fingerprint density at radius 3 is 2.25 bits per heavy atom. The average molecular weight is 638 g/mol. The van der Waals surface area contributed by atoms with E-state index in [1.807, 2.05) is 13.8 Å². The quantitative estimate of drug-likeness (QED) is 0.351. The van der Waals surface area contributed by atoms with E-state index in [1.54, 1.807) is 38.1 Å². The highest BCUT2D eigenvalue weighted by Gasteiger charge is 2.30. The minimum atomic E-state index is -4.62. The Kier molecular flexibility index (Phi) is 8.30. The molecule has 0 amide bonds. The van der Waals surface area contributed by atoms with E-state index in [-0.39, 0.29) is 40.1 Å². The molecular formula is C27H26Br2O6S. The SMILES string of the molecule is CC(=O)Cc1cc(C(=C2C=C(C(C)C)C(=O)C(Br)=C2C)c2ccccc2S(=O)(=O)O)c(C)c(Br)c1O. The van der Waals surface area contributed by atoms with E-state index < -0.39 is 10.1 Å². The van der Waals surface area contributed by atoms with Crippen molar-refractivity contribution < 1.29 is 27.7 Å². The Balaban J connectivity index is 2.62. The van der Waals surface area contributed by atoms with Gasteiger partial charge in [-0.25, -0.2) is 0 Å². The van der Waals surface area contributed by atoms with Crippen LogP contribution in [0.2, 0.25) is 0 Å². The first-order valence-corrected chi connectivity index (χ1v) is 14.1. The molecule has 0 aromatic heterocycles. The lowest BCUT2D eigenvalue weighted by Crippen LogP contribution is -2.16. The summed E-state index contributed by atoms with van der Waals surface area (Å²) in [6, 6.07) is 7.70. The normalized spacial score (nSPS) is 15.9. The molecule has 0 saturated carbocycles. The lowest BCUT2D eigenvalue weighted by Gasteiger charge is -2.25. The number of rotatable bonds is 6. The molecule has 0 saturated heterocycles. The van der Waals surface area contributed by atoms with E-state index in [2.05, 4.69) is 31.9 Å². The molecule has 3 rings (SSSR count). The maximum atomic E-state index is 13.0. The second-order valence-electron chi connectivity index (χ2n) is 9.03. The third-order valence-electron chi connectivity index (χ3n) is 6.09. The van der Waals surface area contributed by atoms with Crippen molar-refractivity contribution in [1.29, 1.82) is 0 Å². The highest BCUT2D eigenvalue weighted by Crippen LogP contribution is 2.44. The summed E-state index contributed by atoms with van der Waals surface area (Å²) >= 11 is 6.85. The molecule has 2 aromatic carbocycles. The summed E-state index contributed by atoms with van der Waals surface area (Å²) in [6.45, 7) is 8.70. The van der Waals surface area contributed by atoms with Gasteiger partial charge in [-0.05, 0) is 105 Å². The fourth-order valence-electron chi connectivity index (χ4n) is 4.22. The maximum Gasteiger partial charge on any atom is 0.295 e. The predicted molar refractivity (Wildman–Crippen MR) is 147 cm³/mol. The van der Waals surface area contributed by atoms with Crippen molar-refractivity contribution in [2.24, 2.45) is 5.92 Å². The van der Waals surface area contributed by atoms with Gasteiger partial charge in [0.2, 0.25) is 0 Å². The third-order valence-corrected chi connectivity index (χ3v) is 8.93. The van der Waals surface area contributed by atoms with Gasteiger partial charge in [-0.3, -0.25) is 14.1 Å². The van der Waals surface area contributed by atoms with Gasteiger partial charge in [0, 0.05) is 23.1 Å². The monoisotopic (exact) mass is 636 g/mol. The van der Waals surface area contributed by atoms with Gasteiger partial charge in [-0.2, -0.15) is 8.42 Å².